The smallest absolute Gasteiger partial charge is 0.199 e. The van der Waals surface area contributed by atoms with E-state index >= 15 is 0 Å². The molecule has 0 radical (unpaired) electrons. The molecule has 0 aliphatic carbocycles. The van der Waals surface area contributed by atoms with E-state index in [2.05, 4.69) is 0 Å². The molecular weight excluding hydrogens is 164 g/mol. The van der Waals surface area contributed by atoms with Crippen molar-refractivity contribution in [3.8, 4) is 0 Å². The van der Waals surface area contributed by atoms with E-state index in [1.807, 2.05) is 30.3 Å². The summed E-state index contributed by atoms with van der Waals surface area (Å²) in [5, 5.41) is 0. The highest BCUT2D eigenvalue weighted by atomic mass is 16.5. The number of carbonyl (C=O) groups is 1. The highest BCUT2D eigenvalue weighted by Crippen LogP contribution is 2.11. The number of ketones is 1. The van der Waals surface area contributed by atoms with Crippen LogP contribution in [0.5, 0.6) is 0 Å². The molecule has 0 fully saturated rings. The summed E-state index contributed by atoms with van der Waals surface area (Å²) in [5.41, 5.74) is 1.13. The van der Waals surface area contributed by atoms with Gasteiger partial charge in [0.2, 0.25) is 0 Å². The zero-order valence-corrected chi connectivity index (χ0v) is 7.14. The van der Waals surface area contributed by atoms with Crippen LogP contribution in [-0.4, -0.2) is 11.9 Å². The molecule has 1 unspecified atom stereocenters. The average Bonchev–Trinajstić information content (AvgIpc) is 2.54. The van der Waals surface area contributed by atoms with Crippen molar-refractivity contribution in [3.05, 3.63) is 48.2 Å². The van der Waals surface area contributed by atoms with Gasteiger partial charge in [-0.1, -0.05) is 30.3 Å². The summed E-state index contributed by atoms with van der Waals surface area (Å²) < 4.78 is 5.14. The summed E-state index contributed by atoms with van der Waals surface area (Å²) in [6.45, 7) is 0. The first kappa shape index (κ1) is 8.05. The molecule has 2 nitrogen and oxygen atoms in total. The van der Waals surface area contributed by atoms with Crippen molar-refractivity contribution >= 4 is 5.78 Å². The Morgan fingerprint density at radius 2 is 2.00 bits per heavy atom. The number of hydrogen-bond acceptors (Lipinski definition) is 2. The molecule has 0 amide bonds. The van der Waals surface area contributed by atoms with Gasteiger partial charge in [-0.05, 0) is 5.56 Å². The van der Waals surface area contributed by atoms with Gasteiger partial charge in [-0.15, -0.1) is 0 Å². The molecule has 0 N–H and O–H groups in total. The number of benzene rings is 1. The first-order valence-corrected chi connectivity index (χ1v) is 4.26. The maximum absolute atomic E-state index is 11.2. The van der Waals surface area contributed by atoms with Gasteiger partial charge in [-0.3, -0.25) is 4.79 Å². The van der Waals surface area contributed by atoms with Crippen LogP contribution in [-0.2, 0) is 16.0 Å². The van der Waals surface area contributed by atoms with Gasteiger partial charge in [0.15, 0.2) is 11.9 Å². The lowest BCUT2D eigenvalue weighted by Crippen LogP contribution is -2.18. The second kappa shape index (κ2) is 3.44. The van der Waals surface area contributed by atoms with E-state index in [4.69, 9.17) is 4.74 Å². The molecule has 0 saturated heterocycles. The molecule has 2 rings (SSSR count). The van der Waals surface area contributed by atoms with E-state index in [9.17, 15) is 4.79 Å². The van der Waals surface area contributed by atoms with Crippen molar-refractivity contribution in [3.63, 3.8) is 0 Å². The molecule has 66 valence electrons. The van der Waals surface area contributed by atoms with E-state index in [1.54, 1.807) is 0 Å². The molecule has 1 atom stereocenters. The number of rotatable bonds is 2. The first-order valence-electron chi connectivity index (χ1n) is 4.26. The minimum Gasteiger partial charge on any atom is -0.489 e. The highest BCUT2D eigenvalue weighted by molar-refractivity contribution is 5.95. The number of hydrogen-bond donors (Lipinski definition) is 0. The van der Waals surface area contributed by atoms with Gasteiger partial charge in [0.1, 0.15) is 0 Å². The second-order valence-electron chi connectivity index (χ2n) is 3.02. The Labute approximate surface area is 76.8 Å². The Balaban J connectivity index is 2.03. The summed E-state index contributed by atoms with van der Waals surface area (Å²) in [4.78, 5) is 11.2. The van der Waals surface area contributed by atoms with Crippen LogP contribution >= 0.6 is 0 Å². The second-order valence-corrected chi connectivity index (χ2v) is 3.02. The maximum Gasteiger partial charge on any atom is 0.199 e. The number of ether oxygens (including phenoxy) is 1. The van der Waals surface area contributed by atoms with Crippen LogP contribution in [0.2, 0.25) is 0 Å². The van der Waals surface area contributed by atoms with Crippen molar-refractivity contribution in [2.75, 3.05) is 0 Å². The van der Waals surface area contributed by atoms with E-state index in [-0.39, 0.29) is 11.9 Å². The Morgan fingerprint density at radius 3 is 2.62 bits per heavy atom. The van der Waals surface area contributed by atoms with Gasteiger partial charge in [-0.2, -0.15) is 0 Å². The minimum absolute atomic E-state index is 0.0591. The summed E-state index contributed by atoms with van der Waals surface area (Å²) in [7, 11) is 0. The van der Waals surface area contributed by atoms with Crippen LogP contribution in [0.4, 0.5) is 0 Å². The van der Waals surface area contributed by atoms with Gasteiger partial charge >= 0.3 is 0 Å². The summed E-state index contributed by atoms with van der Waals surface area (Å²) in [5.74, 6) is 0.0591. The molecule has 13 heavy (non-hydrogen) atoms. The molecule has 0 spiro atoms. The van der Waals surface area contributed by atoms with E-state index < -0.39 is 0 Å². The fourth-order valence-corrected chi connectivity index (χ4v) is 1.35. The molecule has 0 saturated carbocycles. The number of carbonyl (C=O) groups excluding carboxylic acids is 1. The van der Waals surface area contributed by atoms with Crippen molar-refractivity contribution in [2.45, 2.75) is 12.5 Å². The lowest BCUT2D eigenvalue weighted by molar-refractivity contribution is -0.120. The van der Waals surface area contributed by atoms with Crippen molar-refractivity contribution in [2.24, 2.45) is 0 Å². The lowest BCUT2D eigenvalue weighted by atomic mass is 10.1. The molecular formula is C11H10O2. The van der Waals surface area contributed by atoms with Crippen LogP contribution in [0.25, 0.3) is 0 Å². The van der Waals surface area contributed by atoms with E-state index in [1.165, 1.54) is 12.3 Å². The SMILES string of the molecule is O=C1C=COC1Cc1ccccc1. The first-order chi connectivity index (χ1) is 6.36. The van der Waals surface area contributed by atoms with Gasteiger partial charge in [-0.25, -0.2) is 0 Å². The Kier molecular flexibility index (Phi) is 2.13. The third kappa shape index (κ3) is 1.78. The molecule has 1 aromatic carbocycles. The van der Waals surface area contributed by atoms with Crippen LogP contribution in [0.3, 0.4) is 0 Å². The van der Waals surface area contributed by atoms with Crippen molar-refractivity contribution in [1.29, 1.82) is 0 Å². The predicted molar refractivity (Wildman–Crippen MR) is 49.2 cm³/mol. The molecule has 2 heteroatoms. The van der Waals surface area contributed by atoms with Crippen molar-refractivity contribution in [1.82, 2.24) is 0 Å². The lowest BCUT2D eigenvalue weighted by Gasteiger charge is -2.07. The predicted octanol–water partition coefficient (Wildman–Crippen LogP) is 1.71. The standard InChI is InChI=1S/C11H10O2/c12-10-6-7-13-11(10)8-9-4-2-1-3-5-9/h1-7,11H,8H2. The molecule has 1 aromatic rings. The van der Waals surface area contributed by atoms with Gasteiger partial charge in [0.25, 0.3) is 0 Å². The Hall–Kier alpha value is -1.57. The van der Waals surface area contributed by atoms with Crippen LogP contribution in [0.15, 0.2) is 42.7 Å². The zero-order valence-electron chi connectivity index (χ0n) is 7.14. The van der Waals surface area contributed by atoms with E-state index in [0.29, 0.717) is 6.42 Å². The molecule has 0 aromatic heterocycles. The summed E-state index contributed by atoms with van der Waals surface area (Å²) in [6.07, 6.45) is 3.30. The third-order valence-electron chi connectivity index (χ3n) is 2.06. The Morgan fingerprint density at radius 1 is 1.23 bits per heavy atom. The van der Waals surface area contributed by atoms with Crippen LogP contribution < -0.4 is 0 Å². The monoisotopic (exact) mass is 174 g/mol. The molecule has 1 aliphatic heterocycles. The van der Waals surface area contributed by atoms with Gasteiger partial charge in [0, 0.05) is 12.5 Å². The fraction of sp³-hybridized carbons (Fsp3) is 0.182. The fourth-order valence-electron chi connectivity index (χ4n) is 1.35. The topological polar surface area (TPSA) is 26.3 Å². The van der Waals surface area contributed by atoms with E-state index in [0.717, 1.165) is 5.56 Å². The van der Waals surface area contributed by atoms with Crippen LogP contribution in [0, 0.1) is 0 Å². The average molecular weight is 174 g/mol. The summed E-state index contributed by atoms with van der Waals surface area (Å²) in [6, 6.07) is 9.87. The van der Waals surface area contributed by atoms with Crippen LogP contribution in [0.1, 0.15) is 5.56 Å². The minimum atomic E-state index is -0.303. The zero-order chi connectivity index (χ0) is 9.10. The van der Waals surface area contributed by atoms with Gasteiger partial charge < -0.3 is 4.74 Å². The normalized spacial score (nSPS) is 20.3. The highest BCUT2D eigenvalue weighted by Gasteiger charge is 2.20. The molecule has 1 heterocycles. The molecule has 0 bridgehead atoms. The maximum atomic E-state index is 11.2. The van der Waals surface area contributed by atoms with Crippen molar-refractivity contribution < 1.29 is 9.53 Å². The summed E-state index contributed by atoms with van der Waals surface area (Å²) >= 11 is 0. The molecule has 1 aliphatic rings. The quantitative estimate of drug-likeness (QED) is 0.682. The van der Waals surface area contributed by atoms with Gasteiger partial charge in [0.05, 0.1) is 6.26 Å². The third-order valence-corrected chi connectivity index (χ3v) is 2.06. The largest absolute Gasteiger partial charge is 0.489 e. The Bertz CT molecular complexity index is 327.